The number of carbonyl (C=O) groups is 2. The number of hydrogen-bond donors (Lipinski definition) is 0. The molecule has 3 nitrogen and oxygen atoms in total. The lowest BCUT2D eigenvalue weighted by Crippen LogP contribution is -2.51. The molecule has 4 fully saturated rings. The van der Waals surface area contributed by atoms with Gasteiger partial charge in [-0.1, -0.05) is 11.6 Å². The summed E-state index contributed by atoms with van der Waals surface area (Å²) in [5.41, 5.74) is 1.32. The fourth-order valence-corrected chi connectivity index (χ4v) is 7.51. The van der Waals surface area contributed by atoms with Crippen LogP contribution in [0.1, 0.15) is 71.1 Å². The molecule has 1 saturated heterocycles. The number of ketones is 2. The minimum atomic E-state index is 0.0414. The number of fused-ring (bicyclic) bond motifs is 7. The predicted octanol–water partition coefficient (Wildman–Crippen LogP) is 4.81. The number of halogens is 1. The fourth-order valence-electron chi connectivity index (χ4n) is 7.18. The number of Topliss-reactive ketones (excluding diaryl/α,β-unsaturated/α-hetero) is 2. The second-order valence-corrected chi connectivity index (χ2v) is 9.89. The van der Waals surface area contributed by atoms with Gasteiger partial charge in [-0.3, -0.25) is 4.79 Å². The van der Waals surface area contributed by atoms with E-state index in [1.807, 2.05) is 0 Å². The average Bonchev–Trinajstić information content (AvgIpc) is 3.28. The Hall–Kier alpha value is -0.670. The zero-order valence-electron chi connectivity index (χ0n) is 15.6. The first-order valence-corrected chi connectivity index (χ1v) is 11.0. The Kier molecular flexibility index (Phi) is 4.14. The van der Waals surface area contributed by atoms with Crippen molar-refractivity contribution in [3.05, 3.63) is 10.6 Å². The second kappa shape index (κ2) is 6.17. The summed E-state index contributed by atoms with van der Waals surface area (Å²) in [6.45, 7) is 1.70. The summed E-state index contributed by atoms with van der Waals surface area (Å²) >= 11 is 6.42. The van der Waals surface area contributed by atoms with Crippen LogP contribution in [0, 0.1) is 29.6 Å². The molecule has 5 aliphatic rings. The van der Waals surface area contributed by atoms with Crippen molar-refractivity contribution in [2.24, 2.45) is 29.6 Å². The zero-order valence-corrected chi connectivity index (χ0v) is 16.4. The van der Waals surface area contributed by atoms with Crippen molar-refractivity contribution in [3.63, 3.8) is 0 Å². The highest BCUT2D eigenvalue weighted by Gasteiger charge is 2.67. The van der Waals surface area contributed by atoms with E-state index in [0.717, 1.165) is 43.9 Å². The molecule has 4 unspecified atom stereocenters. The molecule has 0 spiro atoms. The van der Waals surface area contributed by atoms with Gasteiger partial charge in [-0.15, -0.1) is 0 Å². The molecule has 4 aliphatic carbocycles. The average molecular weight is 377 g/mol. The predicted molar refractivity (Wildman–Crippen MR) is 99.8 cm³/mol. The highest BCUT2D eigenvalue weighted by Crippen LogP contribution is 2.67. The summed E-state index contributed by atoms with van der Waals surface area (Å²) < 4.78 is 6.63. The van der Waals surface area contributed by atoms with E-state index in [4.69, 9.17) is 16.3 Å². The van der Waals surface area contributed by atoms with Crippen molar-refractivity contribution in [2.75, 3.05) is 0 Å². The van der Waals surface area contributed by atoms with Crippen molar-refractivity contribution < 1.29 is 14.3 Å². The van der Waals surface area contributed by atoms with Crippen LogP contribution < -0.4 is 0 Å². The van der Waals surface area contributed by atoms with Crippen molar-refractivity contribution in [3.8, 4) is 0 Å². The van der Waals surface area contributed by atoms with Gasteiger partial charge in [0.15, 0.2) is 5.78 Å². The van der Waals surface area contributed by atoms with Crippen molar-refractivity contribution in [2.45, 2.75) is 82.8 Å². The van der Waals surface area contributed by atoms with Gasteiger partial charge in [0.2, 0.25) is 0 Å². The van der Waals surface area contributed by atoms with E-state index in [1.54, 1.807) is 6.92 Å². The first-order valence-electron chi connectivity index (χ1n) is 10.6. The second-order valence-electron chi connectivity index (χ2n) is 9.51. The molecule has 0 aromatic carbocycles. The Bertz CT molecular complexity index is 683. The molecule has 3 saturated carbocycles. The van der Waals surface area contributed by atoms with Crippen LogP contribution in [0.2, 0.25) is 0 Å². The summed E-state index contributed by atoms with van der Waals surface area (Å²) in [7, 11) is 0. The monoisotopic (exact) mass is 376 g/mol. The molecule has 0 amide bonds. The van der Waals surface area contributed by atoms with Gasteiger partial charge in [0.05, 0.1) is 16.7 Å². The van der Waals surface area contributed by atoms with E-state index >= 15 is 0 Å². The van der Waals surface area contributed by atoms with Gasteiger partial charge in [0.1, 0.15) is 5.78 Å². The van der Waals surface area contributed by atoms with E-state index in [0.29, 0.717) is 47.5 Å². The molecule has 1 heterocycles. The lowest BCUT2D eigenvalue weighted by Gasteiger charge is -2.54. The van der Waals surface area contributed by atoms with Gasteiger partial charge < -0.3 is 9.53 Å². The van der Waals surface area contributed by atoms with Crippen LogP contribution in [0.5, 0.6) is 0 Å². The lowest BCUT2D eigenvalue weighted by atomic mass is 9.53. The quantitative estimate of drug-likeness (QED) is 0.707. The van der Waals surface area contributed by atoms with Crippen molar-refractivity contribution in [1.82, 2.24) is 0 Å². The van der Waals surface area contributed by atoms with Crippen LogP contribution in [-0.2, 0) is 14.3 Å². The Balaban J connectivity index is 1.40. The van der Waals surface area contributed by atoms with Crippen LogP contribution in [0.3, 0.4) is 0 Å². The molecule has 0 aromatic rings. The molecule has 142 valence electrons. The standard InChI is InChI=1S/C22H29ClO3/c1-12(24)3-2-9-22-10-8-14-13-6-7-18(25)21(23)16(13)5-4-15(14)20(22)17-11-19(17)26-22/h13-15,17,19-20H,2-11H2,1H3/t13?,14?,15?,17-,19+,20?,22+/m0/s1. The number of ether oxygens (including phenoxy) is 1. The Labute approximate surface area is 160 Å². The summed E-state index contributed by atoms with van der Waals surface area (Å²) in [5, 5.41) is 0.574. The van der Waals surface area contributed by atoms with Crippen LogP contribution in [0.4, 0.5) is 0 Å². The molecule has 0 bridgehead atoms. The Morgan fingerprint density at radius 2 is 2.04 bits per heavy atom. The Morgan fingerprint density at radius 1 is 1.19 bits per heavy atom. The third-order valence-electron chi connectivity index (χ3n) is 8.20. The van der Waals surface area contributed by atoms with Gasteiger partial charge in [-0.25, -0.2) is 0 Å². The highest BCUT2D eigenvalue weighted by molar-refractivity contribution is 6.43. The van der Waals surface area contributed by atoms with Gasteiger partial charge in [-0.05, 0) is 93.5 Å². The summed E-state index contributed by atoms with van der Waals surface area (Å²) in [4.78, 5) is 23.4. The maximum atomic E-state index is 12.0. The third-order valence-corrected chi connectivity index (χ3v) is 8.65. The minimum Gasteiger partial charge on any atom is -0.371 e. The number of carbonyl (C=O) groups excluding carboxylic acids is 2. The Morgan fingerprint density at radius 3 is 2.85 bits per heavy atom. The van der Waals surface area contributed by atoms with Crippen LogP contribution in [-0.4, -0.2) is 23.3 Å². The molecule has 7 atom stereocenters. The summed E-state index contributed by atoms with van der Waals surface area (Å²) in [6, 6.07) is 0. The molecule has 5 rings (SSSR count). The molecule has 26 heavy (non-hydrogen) atoms. The molecule has 0 aromatic heterocycles. The van der Waals surface area contributed by atoms with Crippen LogP contribution >= 0.6 is 11.6 Å². The third kappa shape index (κ3) is 2.57. The van der Waals surface area contributed by atoms with Crippen molar-refractivity contribution in [1.29, 1.82) is 0 Å². The summed E-state index contributed by atoms with van der Waals surface area (Å²) in [6.07, 6.45) is 10.6. The smallest absolute Gasteiger partial charge is 0.174 e. The maximum Gasteiger partial charge on any atom is 0.174 e. The van der Waals surface area contributed by atoms with E-state index in [9.17, 15) is 9.59 Å². The molecular weight excluding hydrogens is 348 g/mol. The number of rotatable bonds is 4. The fraction of sp³-hybridized carbons (Fsp3) is 0.818. The minimum absolute atomic E-state index is 0.0414. The topological polar surface area (TPSA) is 43.4 Å². The van der Waals surface area contributed by atoms with Crippen molar-refractivity contribution >= 4 is 23.2 Å². The maximum absolute atomic E-state index is 12.0. The van der Waals surface area contributed by atoms with Gasteiger partial charge in [0, 0.05) is 12.8 Å². The number of allylic oxidation sites excluding steroid dienone is 2. The van der Waals surface area contributed by atoms with E-state index < -0.39 is 0 Å². The lowest BCUT2D eigenvalue weighted by molar-refractivity contribution is -0.129. The zero-order chi connectivity index (χ0) is 18.1. The molecular formula is C22H29ClO3. The van der Waals surface area contributed by atoms with Gasteiger partial charge in [-0.2, -0.15) is 0 Å². The van der Waals surface area contributed by atoms with Crippen LogP contribution in [0.15, 0.2) is 10.6 Å². The first kappa shape index (κ1) is 17.4. The van der Waals surface area contributed by atoms with E-state index in [2.05, 4.69) is 0 Å². The van der Waals surface area contributed by atoms with Gasteiger partial charge >= 0.3 is 0 Å². The molecule has 4 heteroatoms. The van der Waals surface area contributed by atoms with Crippen LogP contribution in [0.25, 0.3) is 0 Å². The van der Waals surface area contributed by atoms with E-state index in [-0.39, 0.29) is 11.4 Å². The number of hydrogen-bond acceptors (Lipinski definition) is 3. The molecule has 0 radical (unpaired) electrons. The normalized spacial score (nSPS) is 46.3. The first-order chi connectivity index (χ1) is 12.5. The molecule has 0 N–H and O–H groups in total. The SMILES string of the molecule is CC(=O)CCC[C@@]12CCC3C4CCC(=O)C(Cl)=C4CCC3C1[C@H]1C[C@H]1O2. The highest BCUT2D eigenvalue weighted by atomic mass is 35.5. The van der Waals surface area contributed by atoms with E-state index in [1.165, 1.54) is 24.8 Å². The summed E-state index contributed by atoms with van der Waals surface area (Å²) in [5.74, 6) is 3.84. The largest absolute Gasteiger partial charge is 0.371 e. The molecule has 1 aliphatic heterocycles. The van der Waals surface area contributed by atoms with Gasteiger partial charge in [0.25, 0.3) is 0 Å².